The largest absolute Gasteiger partial charge is 0.394 e. The fraction of sp³-hybridized carbons (Fsp3) is 0.353. The van der Waals surface area contributed by atoms with Gasteiger partial charge in [-0.05, 0) is 12.1 Å². The number of aliphatic hydroxyl groups excluding tert-OH is 2. The van der Waals surface area contributed by atoms with Gasteiger partial charge in [-0.25, -0.2) is 15.0 Å². The van der Waals surface area contributed by atoms with E-state index in [9.17, 15) is 10.2 Å². The van der Waals surface area contributed by atoms with Crippen LogP contribution in [0.2, 0.25) is 0 Å². The van der Waals surface area contributed by atoms with E-state index in [2.05, 4.69) is 20.3 Å². The zero-order valence-electron chi connectivity index (χ0n) is 13.6. The van der Waals surface area contributed by atoms with Gasteiger partial charge in [0, 0.05) is 11.6 Å². The van der Waals surface area contributed by atoms with Crippen LogP contribution in [0.5, 0.6) is 0 Å². The Labute approximate surface area is 144 Å². The van der Waals surface area contributed by atoms with Gasteiger partial charge in [-0.1, -0.05) is 25.1 Å². The lowest BCUT2D eigenvalue weighted by molar-refractivity contribution is -0.0491. The number of hydrogen-bond acceptors (Lipinski definition) is 7. The van der Waals surface area contributed by atoms with Crippen molar-refractivity contribution in [3.05, 3.63) is 43.0 Å². The van der Waals surface area contributed by atoms with Gasteiger partial charge < -0.3 is 20.3 Å². The standard InChI is InChI=1S/C17H19N5O3/c1-10-12(7-23)25-17(14(10)24)22-9-20-13-15(18-8-19-16(13)22)21-11-5-3-2-4-6-11/h2-6,8-10,12,14,17,23-24H,7H2,1H3,(H,18,19,21). The molecule has 2 aromatic heterocycles. The van der Waals surface area contributed by atoms with Crippen molar-refractivity contribution in [2.75, 3.05) is 11.9 Å². The molecule has 4 rings (SSSR count). The van der Waals surface area contributed by atoms with Crippen molar-refractivity contribution in [3.63, 3.8) is 0 Å². The second-order valence-electron chi connectivity index (χ2n) is 6.13. The summed E-state index contributed by atoms with van der Waals surface area (Å²) in [5, 5.41) is 23.1. The minimum Gasteiger partial charge on any atom is -0.394 e. The van der Waals surface area contributed by atoms with E-state index in [-0.39, 0.29) is 12.5 Å². The smallest absolute Gasteiger partial charge is 0.167 e. The maximum atomic E-state index is 10.5. The Balaban J connectivity index is 1.70. The average Bonchev–Trinajstić information content (AvgIpc) is 3.18. The molecule has 4 atom stereocenters. The van der Waals surface area contributed by atoms with Crippen LogP contribution in [0.1, 0.15) is 13.2 Å². The van der Waals surface area contributed by atoms with Crippen LogP contribution < -0.4 is 5.32 Å². The summed E-state index contributed by atoms with van der Waals surface area (Å²) in [6.45, 7) is 1.71. The third-order valence-electron chi connectivity index (χ3n) is 4.58. The lowest BCUT2D eigenvalue weighted by atomic mass is 10.0. The maximum Gasteiger partial charge on any atom is 0.167 e. The molecule has 1 fully saturated rings. The minimum absolute atomic E-state index is 0.142. The molecule has 0 radical (unpaired) electrons. The lowest BCUT2D eigenvalue weighted by Crippen LogP contribution is -2.25. The predicted octanol–water partition coefficient (Wildman–Crippen LogP) is 1.46. The molecule has 8 heteroatoms. The number of imidazole rings is 1. The highest BCUT2D eigenvalue weighted by molar-refractivity contribution is 5.85. The first-order chi connectivity index (χ1) is 12.2. The topological polar surface area (TPSA) is 105 Å². The Hall–Kier alpha value is -2.55. The molecule has 1 saturated heterocycles. The van der Waals surface area contributed by atoms with Crippen LogP contribution in [0.4, 0.5) is 11.5 Å². The summed E-state index contributed by atoms with van der Waals surface area (Å²) in [6, 6.07) is 9.66. The number of para-hydroxylation sites is 1. The Morgan fingerprint density at radius 1 is 1.20 bits per heavy atom. The van der Waals surface area contributed by atoms with Crippen LogP contribution in [0.15, 0.2) is 43.0 Å². The zero-order valence-corrected chi connectivity index (χ0v) is 13.6. The number of nitrogens with one attached hydrogen (secondary N) is 1. The van der Waals surface area contributed by atoms with E-state index in [1.54, 1.807) is 10.9 Å². The number of fused-ring (bicyclic) bond motifs is 1. The zero-order chi connectivity index (χ0) is 17.4. The van der Waals surface area contributed by atoms with E-state index < -0.39 is 18.4 Å². The van der Waals surface area contributed by atoms with E-state index in [1.807, 2.05) is 37.3 Å². The van der Waals surface area contributed by atoms with Gasteiger partial charge in [-0.3, -0.25) is 4.57 Å². The highest BCUT2D eigenvalue weighted by atomic mass is 16.5. The van der Waals surface area contributed by atoms with Crippen LogP contribution in [0, 0.1) is 5.92 Å². The molecule has 0 amide bonds. The predicted molar refractivity (Wildman–Crippen MR) is 91.2 cm³/mol. The number of ether oxygens (including phenoxy) is 1. The Bertz CT molecular complexity index is 869. The molecule has 3 heterocycles. The number of hydrogen-bond donors (Lipinski definition) is 3. The first-order valence-corrected chi connectivity index (χ1v) is 8.13. The molecule has 1 aliphatic rings. The molecule has 0 bridgehead atoms. The molecule has 3 aromatic rings. The number of aliphatic hydroxyl groups is 2. The van der Waals surface area contributed by atoms with Crippen LogP contribution >= 0.6 is 0 Å². The van der Waals surface area contributed by atoms with Gasteiger partial charge in [0.2, 0.25) is 0 Å². The van der Waals surface area contributed by atoms with Crippen LogP contribution in [-0.4, -0.2) is 48.5 Å². The van der Waals surface area contributed by atoms with Crippen molar-refractivity contribution in [1.82, 2.24) is 19.5 Å². The molecule has 3 N–H and O–H groups in total. The fourth-order valence-electron chi connectivity index (χ4n) is 3.09. The Morgan fingerprint density at radius 3 is 2.72 bits per heavy atom. The summed E-state index contributed by atoms with van der Waals surface area (Å²) in [6.07, 6.45) is 1.21. The number of rotatable bonds is 4. The average molecular weight is 341 g/mol. The van der Waals surface area contributed by atoms with Crippen molar-refractivity contribution in [3.8, 4) is 0 Å². The van der Waals surface area contributed by atoms with Gasteiger partial charge in [0.1, 0.15) is 12.4 Å². The lowest BCUT2D eigenvalue weighted by Gasteiger charge is -2.17. The Kier molecular flexibility index (Phi) is 4.08. The van der Waals surface area contributed by atoms with E-state index in [0.29, 0.717) is 17.0 Å². The normalized spacial score (nSPS) is 26.2. The summed E-state index contributed by atoms with van der Waals surface area (Å²) in [7, 11) is 0. The van der Waals surface area contributed by atoms with E-state index >= 15 is 0 Å². The quantitative estimate of drug-likeness (QED) is 0.659. The van der Waals surface area contributed by atoms with Gasteiger partial charge >= 0.3 is 0 Å². The van der Waals surface area contributed by atoms with Crippen LogP contribution in [0.3, 0.4) is 0 Å². The van der Waals surface area contributed by atoms with Crippen LogP contribution in [0.25, 0.3) is 11.2 Å². The van der Waals surface area contributed by atoms with Crippen molar-refractivity contribution in [2.24, 2.45) is 5.92 Å². The third kappa shape index (κ3) is 2.74. The number of aromatic nitrogens is 4. The molecule has 0 aliphatic carbocycles. The van der Waals surface area contributed by atoms with Crippen molar-refractivity contribution >= 4 is 22.7 Å². The molecular weight excluding hydrogens is 322 g/mol. The van der Waals surface area contributed by atoms with E-state index in [1.165, 1.54) is 6.33 Å². The van der Waals surface area contributed by atoms with Gasteiger partial charge in [-0.15, -0.1) is 0 Å². The summed E-state index contributed by atoms with van der Waals surface area (Å²) in [4.78, 5) is 13.0. The number of nitrogens with zero attached hydrogens (tertiary/aromatic N) is 4. The van der Waals surface area contributed by atoms with Gasteiger partial charge in [-0.2, -0.15) is 0 Å². The van der Waals surface area contributed by atoms with Crippen molar-refractivity contribution in [2.45, 2.75) is 25.4 Å². The highest BCUT2D eigenvalue weighted by Gasteiger charge is 2.42. The molecule has 0 saturated carbocycles. The summed E-state index contributed by atoms with van der Waals surface area (Å²) in [5.74, 6) is 0.394. The SMILES string of the molecule is CC1C(CO)OC(n2cnc3c(Nc4ccccc4)ncnc32)C1O. The van der Waals surface area contributed by atoms with Crippen molar-refractivity contribution < 1.29 is 14.9 Å². The minimum atomic E-state index is -0.755. The maximum absolute atomic E-state index is 10.5. The van der Waals surface area contributed by atoms with E-state index in [0.717, 1.165) is 5.69 Å². The first kappa shape index (κ1) is 15.9. The van der Waals surface area contributed by atoms with Gasteiger partial charge in [0.15, 0.2) is 23.2 Å². The molecule has 1 aliphatic heterocycles. The monoisotopic (exact) mass is 341 g/mol. The van der Waals surface area contributed by atoms with Gasteiger partial charge in [0.25, 0.3) is 0 Å². The van der Waals surface area contributed by atoms with Crippen molar-refractivity contribution in [1.29, 1.82) is 0 Å². The molecular formula is C17H19N5O3. The summed E-state index contributed by atoms with van der Waals surface area (Å²) >= 11 is 0. The summed E-state index contributed by atoms with van der Waals surface area (Å²) < 4.78 is 7.47. The van der Waals surface area contributed by atoms with Crippen LogP contribution in [-0.2, 0) is 4.74 Å². The first-order valence-electron chi connectivity index (χ1n) is 8.13. The second kappa shape index (κ2) is 6.40. The van der Waals surface area contributed by atoms with Gasteiger partial charge in [0.05, 0.1) is 19.0 Å². The molecule has 0 spiro atoms. The molecule has 25 heavy (non-hydrogen) atoms. The second-order valence-corrected chi connectivity index (χ2v) is 6.13. The highest BCUT2D eigenvalue weighted by Crippen LogP contribution is 2.35. The third-order valence-corrected chi connectivity index (χ3v) is 4.58. The number of anilines is 2. The molecule has 1 aromatic carbocycles. The number of benzene rings is 1. The Morgan fingerprint density at radius 2 is 2.00 bits per heavy atom. The molecule has 130 valence electrons. The summed E-state index contributed by atoms with van der Waals surface area (Å²) in [5.41, 5.74) is 2.04. The molecule has 4 unspecified atom stereocenters. The fourth-order valence-corrected chi connectivity index (χ4v) is 3.09. The molecule has 8 nitrogen and oxygen atoms in total. The van der Waals surface area contributed by atoms with E-state index in [4.69, 9.17) is 4.74 Å².